The third-order valence-electron chi connectivity index (χ3n) is 2.63. The summed E-state index contributed by atoms with van der Waals surface area (Å²) in [5, 5.41) is 2.43. The molecule has 100 valence electrons. The topological polar surface area (TPSA) is 34.0 Å². The molecule has 0 spiro atoms. The molecule has 0 atom stereocenters. The number of amides is 1. The molecule has 0 aliphatic rings. The Balaban J connectivity index is 2.10. The quantitative estimate of drug-likeness (QED) is 0.852. The summed E-state index contributed by atoms with van der Waals surface area (Å²) in [5.41, 5.74) is 0.300. The molecule has 1 aromatic carbocycles. The van der Waals surface area contributed by atoms with Gasteiger partial charge in [-0.2, -0.15) is 0 Å². The molecule has 2 rings (SSSR count). The maximum atomic E-state index is 13.4. The first-order chi connectivity index (χ1) is 8.99. The Morgan fingerprint density at radius 2 is 1.95 bits per heavy atom. The molecular formula is C13H11F3N2O. The molecule has 1 N–H and O–H groups in total. The third kappa shape index (κ3) is 2.78. The summed E-state index contributed by atoms with van der Waals surface area (Å²) in [6.07, 6.45) is 3.57. The Labute approximate surface area is 107 Å². The van der Waals surface area contributed by atoms with E-state index in [1.807, 2.05) is 7.05 Å². The van der Waals surface area contributed by atoms with Crippen molar-refractivity contribution in [3.8, 4) is 0 Å². The largest absolute Gasteiger partial charge is 0.357 e. The summed E-state index contributed by atoms with van der Waals surface area (Å²) in [5.74, 6) is -5.24. The molecule has 1 heterocycles. The molecule has 3 nitrogen and oxygen atoms in total. The monoisotopic (exact) mass is 268 g/mol. The number of aromatic nitrogens is 1. The van der Waals surface area contributed by atoms with E-state index in [-0.39, 0.29) is 6.54 Å². The summed E-state index contributed by atoms with van der Waals surface area (Å²) in [7, 11) is 1.82. The van der Waals surface area contributed by atoms with Crippen LogP contribution in [0.2, 0.25) is 0 Å². The van der Waals surface area contributed by atoms with E-state index >= 15 is 0 Å². The summed E-state index contributed by atoms with van der Waals surface area (Å²) < 4.78 is 40.9. The number of aryl methyl sites for hydroxylation is 1. The molecule has 0 radical (unpaired) electrons. The van der Waals surface area contributed by atoms with E-state index in [2.05, 4.69) is 5.32 Å². The van der Waals surface area contributed by atoms with Crippen molar-refractivity contribution < 1.29 is 18.0 Å². The molecule has 1 amide bonds. The van der Waals surface area contributed by atoms with E-state index in [1.54, 1.807) is 23.0 Å². The number of benzene rings is 1. The van der Waals surface area contributed by atoms with E-state index in [1.165, 1.54) is 0 Å². The van der Waals surface area contributed by atoms with Gasteiger partial charge in [0.2, 0.25) is 0 Å². The minimum absolute atomic E-state index is 0.179. The summed E-state index contributed by atoms with van der Waals surface area (Å²) in [6, 6.07) is 3.41. The number of hydrogen-bond donors (Lipinski definition) is 1. The van der Waals surface area contributed by atoms with Gasteiger partial charge >= 0.3 is 0 Å². The average molecular weight is 268 g/mol. The smallest absolute Gasteiger partial charge is 0.254 e. The SMILES string of the molecule is Cn1ccc(CNC(=O)c2ccc(F)c(F)c2F)c1. The van der Waals surface area contributed by atoms with Crippen molar-refractivity contribution in [2.24, 2.45) is 7.05 Å². The van der Waals surface area contributed by atoms with Gasteiger partial charge in [-0.3, -0.25) is 4.79 Å². The van der Waals surface area contributed by atoms with Crippen LogP contribution in [-0.2, 0) is 13.6 Å². The van der Waals surface area contributed by atoms with E-state index in [0.717, 1.165) is 17.7 Å². The Bertz CT molecular complexity index is 622. The van der Waals surface area contributed by atoms with Crippen LogP contribution in [0.15, 0.2) is 30.6 Å². The zero-order valence-electron chi connectivity index (χ0n) is 10.1. The third-order valence-corrected chi connectivity index (χ3v) is 2.63. The van der Waals surface area contributed by atoms with Crippen molar-refractivity contribution in [2.45, 2.75) is 6.54 Å². The lowest BCUT2D eigenvalue weighted by atomic mass is 10.2. The maximum Gasteiger partial charge on any atom is 0.254 e. The van der Waals surface area contributed by atoms with E-state index in [9.17, 15) is 18.0 Å². The summed E-state index contributed by atoms with van der Waals surface area (Å²) in [6.45, 7) is 0.179. The molecule has 0 unspecified atom stereocenters. The number of nitrogens with one attached hydrogen (secondary N) is 1. The molecule has 0 saturated heterocycles. The Morgan fingerprint density at radius 1 is 1.21 bits per heavy atom. The number of halogens is 3. The van der Waals surface area contributed by atoms with Crippen molar-refractivity contribution >= 4 is 5.91 Å². The second kappa shape index (κ2) is 5.17. The number of carbonyl (C=O) groups excluding carboxylic acids is 1. The molecule has 0 aliphatic carbocycles. The maximum absolute atomic E-state index is 13.4. The van der Waals surface area contributed by atoms with Crippen molar-refractivity contribution in [3.05, 3.63) is 59.2 Å². The van der Waals surface area contributed by atoms with Gasteiger partial charge < -0.3 is 9.88 Å². The van der Waals surface area contributed by atoms with Gasteiger partial charge in [-0.1, -0.05) is 0 Å². The average Bonchev–Trinajstić information content (AvgIpc) is 2.79. The minimum Gasteiger partial charge on any atom is -0.357 e. The van der Waals surface area contributed by atoms with E-state index in [0.29, 0.717) is 0 Å². The van der Waals surface area contributed by atoms with Crippen molar-refractivity contribution in [1.82, 2.24) is 9.88 Å². The Hall–Kier alpha value is -2.24. The second-order valence-corrected chi connectivity index (χ2v) is 4.09. The van der Waals surface area contributed by atoms with Crippen LogP contribution < -0.4 is 5.32 Å². The van der Waals surface area contributed by atoms with Crippen LogP contribution in [0.5, 0.6) is 0 Å². The number of carbonyl (C=O) groups is 1. The Morgan fingerprint density at radius 3 is 2.58 bits per heavy atom. The fourth-order valence-corrected chi connectivity index (χ4v) is 1.64. The predicted octanol–water partition coefficient (Wildman–Crippen LogP) is 2.37. The lowest BCUT2D eigenvalue weighted by molar-refractivity contribution is 0.0945. The zero-order valence-corrected chi connectivity index (χ0v) is 10.1. The van der Waals surface area contributed by atoms with Crippen LogP contribution in [0.4, 0.5) is 13.2 Å². The predicted molar refractivity (Wildman–Crippen MR) is 62.9 cm³/mol. The lowest BCUT2D eigenvalue weighted by Gasteiger charge is -2.06. The molecule has 1 aromatic heterocycles. The number of nitrogens with zero attached hydrogens (tertiary/aromatic N) is 1. The standard InChI is InChI=1S/C13H11F3N2O/c1-18-5-4-8(7-18)6-17-13(19)9-2-3-10(14)12(16)11(9)15/h2-5,7H,6H2,1H3,(H,17,19). The Kier molecular flexibility index (Phi) is 3.59. The van der Waals surface area contributed by atoms with Crippen LogP contribution in [-0.4, -0.2) is 10.5 Å². The lowest BCUT2D eigenvalue weighted by Crippen LogP contribution is -2.24. The van der Waals surface area contributed by atoms with Crippen molar-refractivity contribution in [3.63, 3.8) is 0 Å². The van der Waals surface area contributed by atoms with Gasteiger partial charge in [-0.15, -0.1) is 0 Å². The van der Waals surface area contributed by atoms with Gasteiger partial charge in [0, 0.05) is 26.0 Å². The highest BCUT2D eigenvalue weighted by atomic mass is 19.2. The molecule has 0 bridgehead atoms. The number of hydrogen-bond acceptors (Lipinski definition) is 1. The first-order valence-electron chi connectivity index (χ1n) is 5.51. The van der Waals surface area contributed by atoms with Gasteiger partial charge in [-0.05, 0) is 23.8 Å². The first-order valence-corrected chi connectivity index (χ1v) is 5.51. The highest BCUT2D eigenvalue weighted by Gasteiger charge is 2.18. The van der Waals surface area contributed by atoms with Crippen molar-refractivity contribution in [2.75, 3.05) is 0 Å². The zero-order chi connectivity index (χ0) is 14.0. The summed E-state index contributed by atoms with van der Waals surface area (Å²) >= 11 is 0. The van der Waals surface area contributed by atoms with E-state index < -0.39 is 28.9 Å². The first kappa shape index (κ1) is 13.2. The van der Waals surface area contributed by atoms with Crippen LogP contribution >= 0.6 is 0 Å². The fraction of sp³-hybridized carbons (Fsp3) is 0.154. The van der Waals surface area contributed by atoms with Gasteiger partial charge in [0.15, 0.2) is 17.5 Å². The summed E-state index contributed by atoms with van der Waals surface area (Å²) in [4.78, 5) is 11.7. The molecule has 2 aromatic rings. The normalized spacial score (nSPS) is 10.5. The van der Waals surface area contributed by atoms with Gasteiger partial charge in [-0.25, -0.2) is 13.2 Å². The fourth-order valence-electron chi connectivity index (χ4n) is 1.64. The van der Waals surface area contributed by atoms with Crippen LogP contribution in [0.25, 0.3) is 0 Å². The molecule has 0 fully saturated rings. The van der Waals surface area contributed by atoms with Gasteiger partial charge in [0.25, 0.3) is 5.91 Å². The van der Waals surface area contributed by atoms with Crippen LogP contribution in [0, 0.1) is 17.5 Å². The number of rotatable bonds is 3. The molecule has 19 heavy (non-hydrogen) atoms. The van der Waals surface area contributed by atoms with Crippen LogP contribution in [0.3, 0.4) is 0 Å². The molecule has 0 saturated carbocycles. The molecular weight excluding hydrogens is 257 g/mol. The van der Waals surface area contributed by atoms with Gasteiger partial charge in [0.05, 0.1) is 5.56 Å². The van der Waals surface area contributed by atoms with Crippen LogP contribution in [0.1, 0.15) is 15.9 Å². The second-order valence-electron chi connectivity index (χ2n) is 4.09. The highest BCUT2D eigenvalue weighted by molar-refractivity contribution is 5.94. The van der Waals surface area contributed by atoms with Crippen molar-refractivity contribution in [1.29, 1.82) is 0 Å². The minimum atomic E-state index is -1.65. The highest BCUT2D eigenvalue weighted by Crippen LogP contribution is 2.15. The van der Waals surface area contributed by atoms with E-state index in [4.69, 9.17) is 0 Å². The molecule has 0 aliphatic heterocycles. The molecule has 6 heteroatoms. The van der Waals surface area contributed by atoms with Gasteiger partial charge in [0.1, 0.15) is 0 Å².